The normalized spacial score (nSPS) is 10.9. The first kappa shape index (κ1) is 18.8. The van der Waals surface area contributed by atoms with Crippen molar-refractivity contribution in [3.8, 4) is 11.8 Å². The summed E-state index contributed by atoms with van der Waals surface area (Å²) >= 11 is 2.31. The van der Waals surface area contributed by atoms with E-state index < -0.39 is 0 Å². The molecule has 2 N–H and O–H groups in total. The number of alkyl halides is 1. The molecule has 4 rings (SSSR count). The van der Waals surface area contributed by atoms with Crippen molar-refractivity contribution in [2.75, 3.05) is 5.32 Å². The van der Waals surface area contributed by atoms with E-state index in [9.17, 15) is 5.26 Å². The summed E-state index contributed by atoms with van der Waals surface area (Å²) in [4.78, 5) is 8.33. The van der Waals surface area contributed by atoms with E-state index in [1.54, 1.807) is 17.2 Å². The lowest BCUT2D eigenvalue weighted by Gasteiger charge is -2.04. The predicted octanol–water partition coefficient (Wildman–Crippen LogP) is 4.29. The molecule has 29 heavy (non-hydrogen) atoms. The van der Waals surface area contributed by atoms with Gasteiger partial charge in [-0.1, -0.05) is 46.9 Å². The molecule has 2 aromatic heterocycles. The summed E-state index contributed by atoms with van der Waals surface area (Å²) in [5, 5.41) is 23.9. The van der Waals surface area contributed by atoms with E-state index in [1.807, 2.05) is 42.5 Å². The zero-order chi connectivity index (χ0) is 20.1. The number of aromatic amines is 1. The lowest BCUT2D eigenvalue weighted by atomic mass is 10.2. The van der Waals surface area contributed by atoms with Gasteiger partial charge in [0.25, 0.3) is 0 Å². The summed E-state index contributed by atoms with van der Waals surface area (Å²) in [6.45, 7) is 0. The molecule has 0 aliphatic rings. The summed E-state index contributed by atoms with van der Waals surface area (Å²) in [7, 11) is 0. The summed E-state index contributed by atoms with van der Waals surface area (Å²) in [5.74, 6) is 0.854. The molecule has 0 atom stereocenters. The van der Waals surface area contributed by atoms with Gasteiger partial charge in [-0.05, 0) is 35.4 Å². The number of rotatable bonds is 6. The van der Waals surface area contributed by atoms with Crippen molar-refractivity contribution in [3.05, 3.63) is 77.9 Å². The Morgan fingerprint density at radius 3 is 2.83 bits per heavy atom. The first-order valence-corrected chi connectivity index (χ1v) is 10.2. The molecule has 0 aliphatic heterocycles. The number of halogens is 1. The average molecular weight is 494 g/mol. The number of H-pyrrole nitrogens is 1. The standard InChI is InChI=1S/C20H15IN8/c21-9-15-2-1-3-16(8-15)26-20-18(10-22)19(27-28-20)24-11-14-4-6-17(7-5-14)29-13-23-12-25-29/h1-8,11-13H,9H2,(H2,26,27,28)/b24-11+. The van der Waals surface area contributed by atoms with Gasteiger partial charge in [0.05, 0.1) is 5.69 Å². The topological polar surface area (TPSA) is 108 Å². The van der Waals surface area contributed by atoms with Gasteiger partial charge in [-0.3, -0.25) is 5.10 Å². The van der Waals surface area contributed by atoms with Gasteiger partial charge >= 0.3 is 0 Å². The highest BCUT2D eigenvalue weighted by molar-refractivity contribution is 14.1. The Hall–Kier alpha value is -3.52. The van der Waals surface area contributed by atoms with E-state index >= 15 is 0 Å². The van der Waals surface area contributed by atoms with Crippen LogP contribution in [0.2, 0.25) is 0 Å². The van der Waals surface area contributed by atoms with Crippen molar-refractivity contribution in [3.63, 3.8) is 0 Å². The fraction of sp³-hybridized carbons (Fsp3) is 0.0500. The number of hydrogen-bond acceptors (Lipinski definition) is 6. The molecule has 0 fully saturated rings. The molecule has 0 spiro atoms. The van der Waals surface area contributed by atoms with Crippen LogP contribution in [0.4, 0.5) is 17.3 Å². The third kappa shape index (κ3) is 4.33. The van der Waals surface area contributed by atoms with Crippen LogP contribution in [0.25, 0.3) is 5.69 Å². The van der Waals surface area contributed by atoms with Crippen molar-refractivity contribution in [1.29, 1.82) is 5.26 Å². The average Bonchev–Trinajstić information content (AvgIpc) is 3.43. The van der Waals surface area contributed by atoms with Gasteiger partial charge in [0.1, 0.15) is 24.3 Å². The van der Waals surface area contributed by atoms with E-state index in [2.05, 4.69) is 65.3 Å². The molecule has 9 heteroatoms. The number of nitriles is 1. The highest BCUT2D eigenvalue weighted by atomic mass is 127. The molecule has 4 aromatic rings. The maximum absolute atomic E-state index is 9.57. The molecule has 2 heterocycles. The monoisotopic (exact) mass is 494 g/mol. The second-order valence-electron chi connectivity index (χ2n) is 6.06. The number of nitrogens with one attached hydrogen (secondary N) is 2. The Bertz CT molecular complexity index is 1170. The van der Waals surface area contributed by atoms with Crippen LogP contribution in [0.15, 0.2) is 66.2 Å². The molecule has 8 nitrogen and oxygen atoms in total. The van der Waals surface area contributed by atoms with E-state index in [-0.39, 0.29) is 0 Å². The van der Waals surface area contributed by atoms with Gasteiger partial charge in [0.2, 0.25) is 0 Å². The lowest BCUT2D eigenvalue weighted by Crippen LogP contribution is -1.94. The Kier molecular flexibility index (Phi) is 5.62. The second kappa shape index (κ2) is 8.66. The smallest absolute Gasteiger partial charge is 0.172 e. The number of nitrogens with zero attached hydrogens (tertiary/aromatic N) is 6. The van der Waals surface area contributed by atoms with E-state index in [0.717, 1.165) is 21.4 Å². The van der Waals surface area contributed by atoms with Gasteiger partial charge in [-0.15, -0.1) is 0 Å². The Morgan fingerprint density at radius 1 is 1.24 bits per heavy atom. The van der Waals surface area contributed by atoms with Crippen LogP contribution in [-0.2, 0) is 4.43 Å². The third-order valence-corrected chi connectivity index (χ3v) is 5.00. The molecule has 0 aliphatic carbocycles. The van der Waals surface area contributed by atoms with Crippen LogP contribution in [-0.4, -0.2) is 31.2 Å². The van der Waals surface area contributed by atoms with E-state index in [1.165, 1.54) is 11.9 Å². The highest BCUT2D eigenvalue weighted by Gasteiger charge is 2.12. The fourth-order valence-corrected chi connectivity index (χ4v) is 3.16. The molecule has 0 saturated carbocycles. The predicted molar refractivity (Wildman–Crippen MR) is 119 cm³/mol. The molecular weight excluding hydrogens is 479 g/mol. The van der Waals surface area contributed by atoms with Crippen molar-refractivity contribution in [1.82, 2.24) is 25.0 Å². The number of aliphatic imine (C=N–C) groups is 1. The van der Waals surface area contributed by atoms with Crippen molar-refractivity contribution >= 4 is 46.1 Å². The van der Waals surface area contributed by atoms with E-state index in [4.69, 9.17) is 0 Å². The molecular formula is C20H15IN8. The second-order valence-corrected chi connectivity index (χ2v) is 6.82. The number of anilines is 2. The molecule has 0 bridgehead atoms. The Labute approximate surface area is 180 Å². The largest absolute Gasteiger partial charge is 0.338 e. The maximum Gasteiger partial charge on any atom is 0.172 e. The maximum atomic E-state index is 9.57. The molecule has 0 amide bonds. The fourth-order valence-electron chi connectivity index (χ4n) is 2.69. The van der Waals surface area contributed by atoms with Crippen LogP contribution in [0.5, 0.6) is 0 Å². The number of benzene rings is 2. The van der Waals surface area contributed by atoms with Crippen molar-refractivity contribution < 1.29 is 0 Å². The van der Waals surface area contributed by atoms with Gasteiger partial charge < -0.3 is 5.32 Å². The van der Waals surface area contributed by atoms with Crippen molar-refractivity contribution in [2.45, 2.75) is 4.43 Å². The molecule has 0 saturated heterocycles. The zero-order valence-corrected chi connectivity index (χ0v) is 17.3. The molecule has 2 aromatic carbocycles. The third-order valence-electron chi connectivity index (χ3n) is 4.12. The van der Waals surface area contributed by atoms with Crippen LogP contribution in [0.1, 0.15) is 16.7 Å². The van der Waals surface area contributed by atoms with E-state index in [0.29, 0.717) is 17.2 Å². The summed E-state index contributed by atoms with van der Waals surface area (Å²) in [6, 6.07) is 17.8. The van der Waals surface area contributed by atoms with Crippen LogP contribution >= 0.6 is 22.6 Å². The minimum Gasteiger partial charge on any atom is -0.338 e. The summed E-state index contributed by atoms with van der Waals surface area (Å²) in [6.07, 6.45) is 4.80. The summed E-state index contributed by atoms with van der Waals surface area (Å²) < 4.78 is 2.58. The number of aromatic nitrogens is 5. The first-order valence-electron chi connectivity index (χ1n) is 8.66. The van der Waals surface area contributed by atoms with Gasteiger partial charge in [-0.2, -0.15) is 15.5 Å². The zero-order valence-electron chi connectivity index (χ0n) is 15.1. The van der Waals surface area contributed by atoms with Crippen LogP contribution in [0, 0.1) is 11.3 Å². The Morgan fingerprint density at radius 2 is 2.10 bits per heavy atom. The lowest BCUT2D eigenvalue weighted by molar-refractivity contribution is 0.879. The SMILES string of the molecule is N#Cc1c(Nc2cccc(CI)c2)n[nH]c1/N=C/c1ccc(-n2cncn2)cc1. The van der Waals surface area contributed by atoms with Gasteiger partial charge in [0, 0.05) is 16.3 Å². The quantitative estimate of drug-likeness (QED) is 0.236. The molecule has 142 valence electrons. The minimum absolute atomic E-state index is 0.361. The summed E-state index contributed by atoms with van der Waals surface area (Å²) in [5.41, 5.74) is 4.22. The van der Waals surface area contributed by atoms with Gasteiger partial charge in [-0.25, -0.2) is 14.7 Å². The Balaban J connectivity index is 1.52. The molecule has 0 unspecified atom stereocenters. The van der Waals surface area contributed by atoms with Crippen LogP contribution in [0.3, 0.4) is 0 Å². The molecule has 0 radical (unpaired) electrons. The van der Waals surface area contributed by atoms with Crippen molar-refractivity contribution in [2.24, 2.45) is 4.99 Å². The minimum atomic E-state index is 0.361. The van der Waals surface area contributed by atoms with Crippen LogP contribution < -0.4 is 5.32 Å². The number of hydrogen-bond donors (Lipinski definition) is 2. The highest BCUT2D eigenvalue weighted by Crippen LogP contribution is 2.26. The first-order chi connectivity index (χ1) is 14.3. The van der Waals surface area contributed by atoms with Gasteiger partial charge in [0.15, 0.2) is 11.6 Å².